The molecule has 0 radical (unpaired) electrons. The lowest BCUT2D eigenvalue weighted by atomic mass is 9.93. The van der Waals surface area contributed by atoms with Crippen LogP contribution < -0.4 is 5.32 Å². The number of aryl methyl sites for hydroxylation is 1. The van der Waals surface area contributed by atoms with Gasteiger partial charge in [-0.15, -0.1) is 0 Å². The molecule has 2 aromatic carbocycles. The number of nitrogens with zero attached hydrogens (tertiary/aromatic N) is 1. The highest BCUT2D eigenvalue weighted by Crippen LogP contribution is 2.28. The Hall–Kier alpha value is -3.26. The number of rotatable bonds is 12. The molecule has 40 heavy (non-hydrogen) atoms. The Morgan fingerprint density at radius 2 is 1.77 bits per heavy atom. The van der Waals surface area contributed by atoms with Crippen molar-refractivity contribution < 1.29 is 28.2 Å². The lowest BCUT2D eigenvalue weighted by molar-refractivity contribution is -0.159. The number of hydrogen-bond acceptors (Lipinski definition) is 6. The van der Waals surface area contributed by atoms with Crippen molar-refractivity contribution in [2.45, 2.75) is 89.8 Å². The molecule has 1 aliphatic rings. The average molecular weight is 555 g/mol. The van der Waals surface area contributed by atoms with Gasteiger partial charge in [0.05, 0.1) is 12.6 Å². The van der Waals surface area contributed by atoms with Gasteiger partial charge in [-0.2, -0.15) is 0 Å². The van der Waals surface area contributed by atoms with Gasteiger partial charge in [0, 0.05) is 12.5 Å². The molecule has 3 rings (SSSR count). The van der Waals surface area contributed by atoms with E-state index < -0.39 is 23.7 Å². The highest BCUT2D eigenvalue weighted by molar-refractivity contribution is 5.87. The topological polar surface area (TPSA) is 84.9 Å². The van der Waals surface area contributed by atoms with E-state index in [4.69, 9.17) is 9.47 Å². The molecule has 0 aromatic heterocycles. The third kappa shape index (κ3) is 10.0. The zero-order valence-corrected chi connectivity index (χ0v) is 24.2. The average Bonchev–Trinajstić information content (AvgIpc) is 3.05. The van der Waals surface area contributed by atoms with Crippen molar-refractivity contribution >= 4 is 17.8 Å². The minimum atomic E-state index is -0.690. The molecular weight excluding hydrogens is 511 g/mol. The maximum Gasteiger partial charge on any atom is 0.326 e. The summed E-state index contributed by atoms with van der Waals surface area (Å²) in [4.78, 5) is 41.2. The van der Waals surface area contributed by atoms with Crippen molar-refractivity contribution in [3.63, 3.8) is 0 Å². The van der Waals surface area contributed by atoms with E-state index in [1.54, 1.807) is 32.9 Å². The monoisotopic (exact) mass is 554 g/mol. The van der Waals surface area contributed by atoms with Crippen molar-refractivity contribution in [3.05, 3.63) is 71.5 Å². The van der Waals surface area contributed by atoms with E-state index >= 15 is 0 Å². The molecule has 1 saturated heterocycles. The molecule has 7 nitrogen and oxygen atoms in total. The van der Waals surface area contributed by atoms with Crippen LogP contribution in [0.2, 0.25) is 0 Å². The van der Waals surface area contributed by atoms with Gasteiger partial charge >= 0.3 is 11.9 Å². The molecule has 3 atom stereocenters. The highest BCUT2D eigenvalue weighted by Gasteiger charge is 2.36. The second kappa shape index (κ2) is 14.9. The van der Waals surface area contributed by atoms with Crippen LogP contribution in [0.25, 0.3) is 0 Å². The summed E-state index contributed by atoms with van der Waals surface area (Å²) in [5, 5.41) is 3.30. The van der Waals surface area contributed by atoms with E-state index in [9.17, 15) is 18.8 Å². The van der Waals surface area contributed by atoms with Crippen LogP contribution >= 0.6 is 0 Å². The van der Waals surface area contributed by atoms with Crippen molar-refractivity contribution in [2.75, 3.05) is 19.7 Å². The smallest absolute Gasteiger partial charge is 0.326 e. The summed E-state index contributed by atoms with van der Waals surface area (Å²) < 4.78 is 24.7. The fourth-order valence-electron chi connectivity index (χ4n) is 4.88. The first-order chi connectivity index (χ1) is 19.1. The number of benzene rings is 2. The Morgan fingerprint density at radius 3 is 2.42 bits per heavy atom. The summed E-state index contributed by atoms with van der Waals surface area (Å²) >= 11 is 0. The molecule has 3 unspecified atom stereocenters. The predicted molar refractivity (Wildman–Crippen MR) is 152 cm³/mol. The molecule has 1 fully saturated rings. The Labute approximate surface area is 237 Å². The second-order valence-electron chi connectivity index (χ2n) is 11.4. The lowest BCUT2D eigenvalue weighted by Crippen LogP contribution is -2.53. The number of esters is 2. The third-order valence-electron chi connectivity index (χ3n) is 6.93. The molecule has 1 heterocycles. The van der Waals surface area contributed by atoms with E-state index in [1.807, 2.05) is 37.3 Å². The maximum atomic E-state index is 13.8. The summed E-state index contributed by atoms with van der Waals surface area (Å²) in [7, 11) is 0. The van der Waals surface area contributed by atoms with Crippen molar-refractivity contribution in [2.24, 2.45) is 0 Å². The number of hydrogen-bond donors (Lipinski definition) is 1. The zero-order valence-electron chi connectivity index (χ0n) is 24.2. The standard InChI is InChI=1S/C32H43FN2O5/c1-5-6-20-39-31(38)28(18-12-23-10-8-7-9-11-23)34-27-19-15-25(24-13-16-26(33)17-14-24)21-35(30(27)37)22-29(36)40-32(2,3)4/h7-11,13-14,16-17,25,27-28,34H,5-6,12,15,18-22H2,1-4H3. The van der Waals surface area contributed by atoms with Crippen LogP contribution in [0.15, 0.2) is 54.6 Å². The van der Waals surface area contributed by atoms with Crippen molar-refractivity contribution in [1.82, 2.24) is 10.2 Å². The van der Waals surface area contributed by atoms with Crippen LogP contribution in [0, 0.1) is 5.82 Å². The van der Waals surface area contributed by atoms with E-state index in [0.717, 1.165) is 24.0 Å². The van der Waals surface area contributed by atoms with Gasteiger partial charge in [-0.25, -0.2) is 4.39 Å². The van der Waals surface area contributed by atoms with Crippen LogP contribution in [0.4, 0.5) is 4.39 Å². The number of halogens is 1. The SMILES string of the molecule is CCCCOC(=O)C(CCc1ccccc1)NC1CCC(c2ccc(F)cc2)CN(CC(=O)OC(C)(C)C)C1=O. The lowest BCUT2D eigenvalue weighted by Gasteiger charge is -2.29. The van der Waals surface area contributed by atoms with E-state index in [1.165, 1.54) is 17.0 Å². The van der Waals surface area contributed by atoms with Crippen LogP contribution in [0.1, 0.15) is 76.8 Å². The molecule has 0 aliphatic carbocycles. The zero-order chi connectivity index (χ0) is 29.1. The first-order valence-electron chi connectivity index (χ1n) is 14.3. The van der Waals surface area contributed by atoms with Crippen LogP contribution in [-0.4, -0.2) is 60.1 Å². The highest BCUT2D eigenvalue weighted by atomic mass is 19.1. The van der Waals surface area contributed by atoms with Gasteiger partial charge in [-0.1, -0.05) is 55.8 Å². The van der Waals surface area contributed by atoms with E-state index in [2.05, 4.69) is 5.32 Å². The summed E-state index contributed by atoms with van der Waals surface area (Å²) in [5.41, 5.74) is 1.29. The van der Waals surface area contributed by atoms with Gasteiger partial charge < -0.3 is 14.4 Å². The molecule has 0 saturated carbocycles. The Morgan fingerprint density at radius 1 is 1.07 bits per heavy atom. The minimum absolute atomic E-state index is 0.0990. The maximum absolute atomic E-state index is 13.8. The van der Waals surface area contributed by atoms with E-state index in [-0.39, 0.29) is 36.7 Å². The van der Waals surface area contributed by atoms with Gasteiger partial charge in [0.25, 0.3) is 0 Å². The van der Waals surface area contributed by atoms with Gasteiger partial charge in [-0.3, -0.25) is 19.7 Å². The second-order valence-corrected chi connectivity index (χ2v) is 11.4. The van der Waals surface area contributed by atoms with Gasteiger partial charge in [0.1, 0.15) is 24.0 Å². The Kier molecular flexibility index (Phi) is 11.7. The third-order valence-corrected chi connectivity index (χ3v) is 6.93. The Balaban J connectivity index is 1.81. The number of unbranched alkanes of at least 4 members (excludes halogenated alkanes) is 1. The molecule has 2 aromatic rings. The first kappa shape index (κ1) is 31.3. The summed E-state index contributed by atoms with van der Waals surface area (Å²) in [6, 6.07) is 14.7. The fraction of sp³-hybridized carbons (Fsp3) is 0.531. The number of likely N-dealkylation sites (tertiary alicyclic amines) is 1. The largest absolute Gasteiger partial charge is 0.465 e. The van der Waals surface area contributed by atoms with Crippen molar-refractivity contribution in [3.8, 4) is 0 Å². The van der Waals surface area contributed by atoms with Crippen LogP contribution in [0.3, 0.4) is 0 Å². The quantitative estimate of drug-likeness (QED) is 0.288. The molecule has 1 amide bonds. The fourth-order valence-corrected chi connectivity index (χ4v) is 4.88. The summed E-state index contributed by atoms with van der Waals surface area (Å²) in [6.07, 6.45) is 3.85. The predicted octanol–water partition coefficient (Wildman–Crippen LogP) is 5.18. The molecule has 8 heteroatoms. The number of carbonyl (C=O) groups is 3. The molecule has 218 valence electrons. The molecule has 0 bridgehead atoms. The number of amides is 1. The number of carbonyl (C=O) groups excluding carboxylic acids is 3. The van der Waals surface area contributed by atoms with E-state index in [0.29, 0.717) is 32.3 Å². The number of ether oxygens (including phenoxy) is 2. The first-order valence-corrected chi connectivity index (χ1v) is 14.3. The van der Waals surface area contributed by atoms with Gasteiger partial charge in [0.15, 0.2) is 0 Å². The normalized spacial score (nSPS) is 18.6. The summed E-state index contributed by atoms with van der Waals surface area (Å²) in [6.45, 7) is 7.78. The van der Waals surface area contributed by atoms with Gasteiger partial charge in [0.2, 0.25) is 5.91 Å². The van der Waals surface area contributed by atoms with Crippen LogP contribution in [-0.2, 0) is 30.3 Å². The minimum Gasteiger partial charge on any atom is -0.465 e. The van der Waals surface area contributed by atoms with Crippen molar-refractivity contribution in [1.29, 1.82) is 0 Å². The van der Waals surface area contributed by atoms with Gasteiger partial charge in [-0.05, 0) is 76.1 Å². The molecule has 1 aliphatic heterocycles. The molecule has 1 N–H and O–H groups in total. The Bertz CT molecular complexity index is 1100. The summed E-state index contributed by atoms with van der Waals surface area (Å²) in [5.74, 6) is -1.57. The molecular formula is C32H43FN2O5. The molecule has 0 spiro atoms. The van der Waals surface area contributed by atoms with Crippen LogP contribution in [0.5, 0.6) is 0 Å². The number of nitrogens with one attached hydrogen (secondary N) is 1.